The minimum Gasteiger partial charge on any atom is -0.310 e. The maximum Gasteiger partial charge on any atom is 0.0546 e. The molecule has 0 aromatic heterocycles. The van der Waals surface area contributed by atoms with Gasteiger partial charge in [0, 0.05) is 33.5 Å². The highest BCUT2D eigenvalue weighted by Gasteiger charge is 2.41. The van der Waals surface area contributed by atoms with E-state index in [2.05, 4.69) is 268 Å². The van der Waals surface area contributed by atoms with Crippen LogP contribution in [0.15, 0.2) is 218 Å². The van der Waals surface area contributed by atoms with Crippen LogP contribution in [0.5, 0.6) is 0 Å². The van der Waals surface area contributed by atoms with Crippen LogP contribution in [-0.4, -0.2) is 0 Å². The van der Waals surface area contributed by atoms with E-state index >= 15 is 0 Å². The molecule has 320 valence electrons. The molecule has 11 rings (SSSR count). The maximum atomic E-state index is 2.49. The highest BCUT2D eigenvalue weighted by atomic mass is 15.2. The van der Waals surface area contributed by atoms with Gasteiger partial charge in [0.1, 0.15) is 0 Å². The lowest BCUT2D eigenvalue weighted by Crippen LogP contribution is -2.30. The molecule has 0 amide bonds. The van der Waals surface area contributed by atoms with Crippen molar-refractivity contribution in [2.24, 2.45) is 0 Å². The van der Waals surface area contributed by atoms with E-state index in [0.29, 0.717) is 0 Å². The minimum atomic E-state index is -0.136. The van der Waals surface area contributed by atoms with Crippen molar-refractivity contribution in [1.82, 2.24) is 0 Å². The average Bonchev–Trinajstić information content (AvgIpc) is 3.65. The molecule has 0 N–H and O–H groups in total. The molecule has 1 aliphatic carbocycles. The van der Waals surface area contributed by atoms with Crippen molar-refractivity contribution in [1.29, 1.82) is 0 Å². The Bertz CT molecular complexity index is 3140. The van der Waals surface area contributed by atoms with Gasteiger partial charge >= 0.3 is 0 Å². The predicted molar refractivity (Wildman–Crippen MR) is 281 cm³/mol. The highest BCUT2D eigenvalue weighted by Crippen LogP contribution is 2.56. The molecule has 9 aromatic carbocycles. The lowest BCUT2D eigenvalue weighted by molar-refractivity contribution is 0.490. The molecule has 0 radical (unpaired) electrons. The molecule has 0 spiro atoms. The number of anilines is 6. The first-order valence-corrected chi connectivity index (χ1v) is 23.6. The first kappa shape index (κ1) is 41.1. The summed E-state index contributed by atoms with van der Waals surface area (Å²) in [7, 11) is 0. The van der Waals surface area contributed by atoms with Gasteiger partial charge in [-0.2, -0.15) is 0 Å². The van der Waals surface area contributed by atoms with Crippen molar-refractivity contribution in [3.63, 3.8) is 0 Å². The van der Waals surface area contributed by atoms with Gasteiger partial charge in [0.15, 0.2) is 0 Å². The van der Waals surface area contributed by atoms with E-state index in [9.17, 15) is 0 Å². The summed E-state index contributed by atoms with van der Waals surface area (Å²) >= 11 is 0. The average molecular weight is 851 g/mol. The zero-order chi connectivity index (χ0) is 44.8. The van der Waals surface area contributed by atoms with E-state index in [-0.39, 0.29) is 10.8 Å². The van der Waals surface area contributed by atoms with Crippen LogP contribution in [0.25, 0.3) is 45.5 Å². The summed E-state index contributed by atoms with van der Waals surface area (Å²) in [5.41, 5.74) is 22.3. The van der Waals surface area contributed by atoms with Crippen LogP contribution in [-0.2, 0) is 10.8 Å². The molecular weight excluding hydrogens is 797 g/mol. The number of hydrogen-bond acceptors (Lipinski definition) is 2. The lowest BCUT2D eigenvalue weighted by atomic mass is 9.73. The number of benzene rings is 9. The number of fused-ring (bicyclic) bond motifs is 5. The Morgan fingerprint density at radius 1 is 0.394 bits per heavy atom. The minimum absolute atomic E-state index is 0.0831. The molecule has 2 heteroatoms. The van der Waals surface area contributed by atoms with Crippen LogP contribution in [0.3, 0.4) is 0 Å². The molecule has 0 saturated carbocycles. The monoisotopic (exact) mass is 850 g/mol. The van der Waals surface area contributed by atoms with Crippen molar-refractivity contribution < 1.29 is 0 Å². The van der Waals surface area contributed by atoms with E-state index in [1.54, 1.807) is 0 Å². The Hall–Kier alpha value is -7.68. The number of rotatable bonds is 10. The first-order valence-electron chi connectivity index (χ1n) is 23.6. The fraction of sp³-hybridized carbons (Fsp3) is 0.125. The summed E-state index contributed by atoms with van der Waals surface area (Å²) in [6.07, 6.45) is 6.61. The summed E-state index contributed by atoms with van der Waals surface area (Å²) < 4.78 is 0. The normalized spacial score (nSPS) is 14.0. The Morgan fingerprint density at radius 2 is 0.894 bits per heavy atom. The van der Waals surface area contributed by atoms with Crippen LogP contribution >= 0.6 is 0 Å². The predicted octanol–water partition coefficient (Wildman–Crippen LogP) is 17.9. The molecule has 0 unspecified atom stereocenters. The molecule has 66 heavy (non-hydrogen) atoms. The molecule has 1 heterocycles. The van der Waals surface area contributed by atoms with Gasteiger partial charge in [-0.05, 0) is 129 Å². The van der Waals surface area contributed by atoms with Crippen LogP contribution in [0.4, 0.5) is 34.1 Å². The Labute approximate surface area is 390 Å². The van der Waals surface area contributed by atoms with Crippen LogP contribution in [0.1, 0.15) is 73.9 Å². The first-order chi connectivity index (χ1) is 32.4. The Kier molecular flexibility index (Phi) is 10.4. The van der Waals surface area contributed by atoms with Crippen molar-refractivity contribution >= 4 is 46.3 Å². The zero-order valence-electron chi connectivity index (χ0n) is 38.2. The standard InChI is InChI=1S/C64H54N2/c1-5-64(6-2)57-43-46(37-41-53(57)54-42-40-51(44-58(54)64)65(49-23-12-8-13-24-49)50-25-14-9-15-26-50)34-33-45-35-38-48(39-36-45)62-52(47-21-10-7-11-22-47)27-20-32-61(62)66-59-30-18-16-28-55(59)63(3,4)56-29-17-19-31-60(56)66/h7-44H,5-6H2,1-4H3/b34-33+. The third kappa shape index (κ3) is 6.79. The third-order valence-corrected chi connectivity index (χ3v) is 14.5. The summed E-state index contributed by atoms with van der Waals surface area (Å²) in [4.78, 5) is 4.87. The second kappa shape index (κ2) is 16.7. The van der Waals surface area contributed by atoms with Crippen LogP contribution in [0.2, 0.25) is 0 Å². The number of para-hydroxylation sites is 4. The molecule has 2 aliphatic rings. The van der Waals surface area contributed by atoms with E-state index in [1.807, 2.05) is 0 Å². The molecule has 0 saturated heterocycles. The summed E-state index contributed by atoms with van der Waals surface area (Å²) in [5, 5.41) is 0. The van der Waals surface area contributed by atoms with Crippen molar-refractivity contribution in [2.45, 2.75) is 51.4 Å². The van der Waals surface area contributed by atoms with E-state index in [1.165, 1.54) is 89.5 Å². The summed E-state index contributed by atoms with van der Waals surface area (Å²) in [5.74, 6) is 0. The van der Waals surface area contributed by atoms with Gasteiger partial charge < -0.3 is 9.80 Å². The molecule has 1 aliphatic heterocycles. The topological polar surface area (TPSA) is 6.48 Å². The zero-order valence-corrected chi connectivity index (χ0v) is 38.2. The molecule has 9 aromatic rings. The molecule has 0 fully saturated rings. The van der Waals surface area contributed by atoms with Gasteiger partial charge in [-0.3, -0.25) is 0 Å². The molecule has 0 bridgehead atoms. The van der Waals surface area contributed by atoms with Crippen molar-refractivity contribution in [2.75, 3.05) is 9.80 Å². The van der Waals surface area contributed by atoms with Gasteiger partial charge in [-0.25, -0.2) is 0 Å². The SMILES string of the molecule is CCC1(CC)c2cc(/C=C/c3ccc(-c4c(-c5ccccc5)cccc4N4c5ccccc5C(C)(C)c5ccccc54)cc3)ccc2-c2ccc(N(c3ccccc3)c3ccccc3)cc21. The van der Waals surface area contributed by atoms with Gasteiger partial charge in [0.2, 0.25) is 0 Å². The van der Waals surface area contributed by atoms with Crippen molar-refractivity contribution in [3.05, 3.63) is 252 Å². The van der Waals surface area contributed by atoms with Gasteiger partial charge in [0.05, 0.1) is 17.1 Å². The highest BCUT2D eigenvalue weighted by molar-refractivity contribution is 5.99. The van der Waals surface area contributed by atoms with Gasteiger partial charge in [0.25, 0.3) is 0 Å². The van der Waals surface area contributed by atoms with Crippen LogP contribution < -0.4 is 9.80 Å². The summed E-state index contributed by atoms with van der Waals surface area (Å²) in [6.45, 7) is 9.42. The van der Waals surface area contributed by atoms with E-state index < -0.39 is 0 Å². The van der Waals surface area contributed by atoms with Crippen molar-refractivity contribution in [3.8, 4) is 33.4 Å². The van der Waals surface area contributed by atoms with Gasteiger partial charge in [-0.15, -0.1) is 0 Å². The van der Waals surface area contributed by atoms with Gasteiger partial charge in [-0.1, -0.05) is 204 Å². The second-order valence-corrected chi connectivity index (χ2v) is 18.3. The number of hydrogen-bond donors (Lipinski definition) is 0. The Morgan fingerprint density at radius 3 is 1.50 bits per heavy atom. The van der Waals surface area contributed by atoms with E-state index in [0.717, 1.165) is 24.2 Å². The smallest absolute Gasteiger partial charge is 0.0546 e. The number of nitrogens with zero attached hydrogens (tertiary/aromatic N) is 2. The summed E-state index contributed by atoms with van der Waals surface area (Å²) in [6, 6.07) is 80.3. The maximum absolute atomic E-state index is 2.49. The Balaban J connectivity index is 0.950. The lowest BCUT2D eigenvalue weighted by Gasteiger charge is -2.42. The molecular formula is C64H54N2. The van der Waals surface area contributed by atoms with E-state index in [4.69, 9.17) is 0 Å². The fourth-order valence-corrected chi connectivity index (χ4v) is 11.1. The fourth-order valence-electron chi connectivity index (χ4n) is 11.1. The third-order valence-electron chi connectivity index (χ3n) is 14.5. The van der Waals surface area contributed by atoms with Crippen LogP contribution in [0, 0.1) is 0 Å². The second-order valence-electron chi connectivity index (χ2n) is 18.3. The largest absolute Gasteiger partial charge is 0.310 e. The molecule has 2 nitrogen and oxygen atoms in total. The molecule has 0 atom stereocenters. The quantitative estimate of drug-likeness (QED) is 0.127.